The van der Waals surface area contributed by atoms with Gasteiger partial charge >= 0.3 is 6.03 Å². The van der Waals surface area contributed by atoms with Crippen molar-refractivity contribution in [3.63, 3.8) is 0 Å². The lowest BCUT2D eigenvalue weighted by molar-refractivity contribution is -0.131. The van der Waals surface area contributed by atoms with Gasteiger partial charge in [0.1, 0.15) is 0 Å². The number of aromatic amines is 1. The largest absolute Gasteiger partial charge is 0.357 e. The third-order valence-electron chi connectivity index (χ3n) is 4.32. The number of hydrogen-bond donors (Lipinski definition) is 3. The van der Waals surface area contributed by atoms with E-state index in [1.165, 1.54) is 0 Å². The van der Waals surface area contributed by atoms with E-state index in [9.17, 15) is 9.59 Å². The number of urea groups is 1. The second kappa shape index (κ2) is 7.74. The highest BCUT2D eigenvalue weighted by Gasteiger charge is 2.20. The van der Waals surface area contributed by atoms with Gasteiger partial charge < -0.3 is 20.9 Å². The van der Waals surface area contributed by atoms with Crippen LogP contribution in [0.25, 0.3) is 10.9 Å². The van der Waals surface area contributed by atoms with Gasteiger partial charge in [-0.15, -0.1) is 0 Å². The number of carbonyl (C=O) groups is 2. The number of amides is 3. The molecule has 6 nitrogen and oxygen atoms in total. The maximum Gasteiger partial charge on any atom is 0.312 e. The number of fused-ring (bicyclic) bond motifs is 1. The van der Waals surface area contributed by atoms with Crippen LogP contribution in [0.4, 0.5) is 4.79 Å². The van der Waals surface area contributed by atoms with Crippen LogP contribution < -0.4 is 11.1 Å². The van der Waals surface area contributed by atoms with Crippen LogP contribution in [0.3, 0.4) is 0 Å². The molecule has 1 aromatic heterocycles. The van der Waals surface area contributed by atoms with E-state index in [-0.39, 0.29) is 12.3 Å². The average Bonchev–Trinajstić information content (AvgIpc) is 3.03. The molecule has 0 radical (unpaired) electrons. The summed E-state index contributed by atoms with van der Waals surface area (Å²) in [7, 11) is 1.75. The number of nitrogens with one attached hydrogen (secondary N) is 2. The lowest BCUT2D eigenvalue weighted by Gasteiger charge is -2.22. The fraction of sp³-hybridized carbons (Fsp3) is 0.200. The molecule has 0 aliphatic rings. The molecular weight excluding hydrogens is 328 g/mol. The van der Waals surface area contributed by atoms with Crippen LogP contribution in [0, 0.1) is 0 Å². The van der Waals surface area contributed by atoms with E-state index in [0.717, 1.165) is 22.2 Å². The number of aromatic nitrogens is 1. The van der Waals surface area contributed by atoms with Crippen molar-refractivity contribution in [3.05, 3.63) is 71.9 Å². The van der Waals surface area contributed by atoms with Gasteiger partial charge in [0.2, 0.25) is 5.91 Å². The number of benzene rings is 2. The summed E-state index contributed by atoms with van der Waals surface area (Å²) in [6, 6.07) is 18.3. The standard InChI is InChI=1S/C20H22N4O2/c1-24(13-16-11-15-9-5-6-10-17(15)22-16)19(25)12-18(23-20(21)26)14-7-3-2-4-8-14/h2-11,18,22H,12-13H2,1H3,(H3,21,23,26). The highest BCUT2D eigenvalue weighted by molar-refractivity contribution is 5.81. The Morgan fingerprint density at radius 1 is 1.12 bits per heavy atom. The van der Waals surface area contributed by atoms with Gasteiger partial charge in [-0.05, 0) is 23.1 Å². The van der Waals surface area contributed by atoms with Crippen molar-refractivity contribution in [2.24, 2.45) is 5.73 Å². The summed E-state index contributed by atoms with van der Waals surface area (Å²) in [5.41, 5.74) is 8.12. The molecule has 3 amide bonds. The molecule has 3 rings (SSSR count). The molecule has 2 aromatic carbocycles. The first kappa shape index (κ1) is 17.5. The van der Waals surface area contributed by atoms with Crippen LogP contribution in [0.1, 0.15) is 23.7 Å². The number of nitrogens with zero attached hydrogens (tertiary/aromatic N) is 1. The molecule has 0 bridgehead atoms. The minimum atomic E-state index is -0.648. The predicted molar refractivity (Wildman–Crippen MR) is 101 cm³/mol. The molecular formula is C20H22N4O2. The van der Waals surface area contributed by atoms with Gasteiger partial charge in [-0.25, -0.2) is 4.79 Å². The predicted octanol–water partition coefficient (Wildman–Crippen LogP) is 2.93. The van der Waals surface area contributed by atoms with Gasteiger partial charge in [-0.2, -0.15) is 0 Å². The van der Waals surface area contributed by atoms with E-state index in [4.69, 9.17) is 5.73 Å². The minimum absolute atomic E-state index is 0.0775. The first-order chi connectivity index (χ1) is 12.5. The SMILES string of the molecule is CN(Cc1cc2ccccc2[nH]1)C(=O)CC(NC(N)=O)c1ccccc1. The fourth-order valence-corrected chi connectivity index (χ4v) is 3.00. The highest BCUT2D eigenvalue weighted by Crippen LogP contribution is 2.19. The van der Waals surface area contributed by atoms with E-state index >= 15 is 0 Å². The van der Waals surface area contributed by atoms with E-state index < -0.39 is 12.1 Å². The third-order valence-corrected chi connectivity index (χ3v) is 4.32. The van der Waals surface area contributed by atoms with Crippen LogP contribution >= 0.6 is 0 Å². The number of para-hydroxylation sites is 1. The molecule has 0 aliphatic carbocycles. The number of hydrogen-bond acceptors (Lipinski definition) is 2. The van der Waals surface area contributed by atoms with Crippen LogP contribution in [-0.4, -0.2) is 28.9 Å². The smallest absolute Gasteiger partial charge is 0.312 e. The molecule has 1 atom stereocenters. The Balaban J connectivity index is 1.69. The Hall–Kier alpha value is -3.28. The number of carbonyl (C=O) groups excluding carboxylic acids is 2. The summed E-state index contributed by atoms with van der Waals surface area (Å²) < 4.78 is 0. The van der Waals surface area contributed by atoms with E-state index in [0.29, 0.717) is 6.54 Å². The lowest BCUT2D eigenvalue weighted by Crippen LogP contribution is -2.37. The van der Waals surface area contributed by atoms with Crippen molar-refractivity contribution in [2.45, 2.75) is 19.0 Å². The molecule has 134 valence electrons. The monoisotopic (exact) mass is 350 g/mol. The van der Waals surface area contributed by atoms with Crippen LogP contribution in [0.2, 0.25) is 0 Å². The van der Waals surface area contributed by atoms with E-state index in [1.54, 1.807) is 11.9 Å². The Kier molecular flexibility index (Phi) is 5.22. The molecule has 6 heteroatoms. The maximum atomic E-state index is 12.6. The quantitative estimate of drug-likeness (QED) is 0.638. The zero-order valence-electron chi connectivity index (χ0n) is 14.6. The van der Waals surface area contributed by atoms with Gasteiger partial charge in [0, 0.05) is 18.3 Å². The topological polar surface area (TPSA) is 91.2 Å². The van der Waals surface area contributed by atoms with Crippen LogP contribution in [-0.2, 0) is 11.3 Å². The average molecular weight is 350 g/mol. The van der Waals surface area contributed by atoms with Crippen molar-refractivity contribution in [1.82, 2.24) is 15.2 Å². The lowest BCUT2D eigenvalue weighted by atomic mass is 10.0. The van der Waals surface area contributed by atoms with Crippen molar-refractivity contribution < 1.29 is 9.59 Å². The third kappa shape index (κ3) is 4.22. The summed E-state index contributed by atoms with van der Waals surface area (Å²) in [5.74, 6) is -0.0775. The number of H-pyrrole nitrogens is 1. The Morgan fingerprint density at radius 2 is 1.81 bits per heavy atom. The molecule has 0 spiro atoms. The van der Waals surface area contributed by atoms with Gasteiger partial charge in [0.05, 0.1) is 19.0 Å². The molecule has 26 heavy (non-hydrogen) atoms. The van der Waals surface area contributed by atoms with Gasteiger partial charge in [-0.3, -0.25) is 4.79 Å². The summed E-state index contributed by atoms with van der Waals surface area (Å²) in [4.78, 5) is 28.9. The molecule has 0 aliphatic heterocycles. The molecule has 0 saturated carbocycles. The van der Waals surface area contributed by atoms with Crippen molar-refractivity contribution in [3.8, 4) is 0 Å². The van der Waals surface area contributed by atoms with Crippen LogP contribution in [0.5, 0.6) is 0 Å². The molecule has 1 heterocycles. The van der Waals surface area contributed by atoms with Crippen molar-refractivity contribution >= 4 is 22.8 Å². The fourth-order valence-electron chi connectivity index (χ4n) is 3.00. The van der Waals surface area contributed by atoms with Crippen molar-refractivity contribution in [1.29, 1.82) is 0 Å². The summed E-state index contributed by atoms with van der Waals surface area (Å²) in [6.07, 6.45) is 0.143. The second-order valence-corrected chi connectivity index (χ2v) is 6.31. The van der Waals surface area contributed by atoms with E-state index in [1.807, 2.05) is 60.7 Å². The van der Waals surface area contributed by atoms with E-state index in [2.05, 4.69) is 10.3 Å². The Labute approximate surface area is 152 Å². The second-order valence-electron chi connectivity index (χ2n) is 6.31. The van der Waals surface area contributed by atoms with Gasteiger partial charge in [0.25, 0.3) is 0 Å². The zero-order valence-corrected chi connectivity index (χ0v) is 14.6. The zero-order chi connectivity index (χ0) is 18.5. The van der Waals surface area contributed by atoms with Gasteiger partial charge in [0.15, 0.2) is 0 Å². The first-order valence-electron chi connectivity index (χ1n) is 8.44. The molecule has 1 unspecified atom stereocenters. The molecule has 0 saturated heterocycles. The Bertz CT molecular complexity index is 871. The molecule has 3 aromatic rings. The Morgan fingerprint density at radius 3 is 2.50 bits per heavy atom. The highest BCUT2D eigenvalue weighted by atomic mass is 16.2. The number of nitrogens with two attached hydrogens (primary N) is 1. The summed E-state index contributed by atoms with van der Waals surface area (Å²) in [6.45, 7) is 0.464. The minimum Gasteiger partial charge on any atom is -0.357 e. The number of rotatable bonds is 6. The summed E-state index contributed by atoms with van der Waals surface area (Å²) in [5, 5.41) is 3.76. The molecule has 4 N–H and O–H groups in total. The maximum absolute atomic E-state index is 12.6. The number of primary amides is 1. The van der Waals surface area contributed by atoms with Crippen LogP contribution in [0.15, 0.2) is 60.7 Å². The summed E-state index contributed by atoms with van der Waals surface area (Å²) >= 11 is 0. The molecule has 0 fully saturated rings. The normalized spacial score (nSPS) is 11.9. The van der Waals surface area contributed by atoms with Crippen molar-refractivity contribution in [2.75, 3.05) is 7.05 Å². The first-order valence-corrected chi connectivity index (χ1v) is 8.44. The van der Waals surface area contributed by atoms with Gasteiger partial charge in [-0.1, -0.05) is 48.5 Å².